The van der Waals surface area contributed by atoms with E-state index in [4.69, 9.17) is 14.2 Å². The van der Waals surface area contributed by atoms with Gasteiger partial charge in [-0.2, -0.15) is 0 Å². The molecule has 1 aliphatic rings. The van der Waals surface area contributed by atoms with Crippen LogP contribution >= 0.6 is 0 Å². The van der Waals surface area contributed by atoms with Gasteiger partial charge in [0.1, 0.15) is 18.1 Å². The van der Waals surface area contributed by atoms with E-state index < -0.39 is 6.10 Å². The molecule has 1 atom stereocenters. The number of fused-ring (bicyclic) bond motifs is 1. The van der Waals surface area contributed by atoms with Gasteiger partial charge in [-0.3, -0.25) is 0 Å². The van der Waals surface area contributed by atoms with Crippen molar-refractivity contribution in [2.75, 3.05) is 37.8 Å². The van der Waals surface area contributed by atoms with E-state index in [1.54, 1.807) is 6.92 Å². The molecule has 0 radical (unpaired) electrons. The van der Waals surface area contributed by atoms with Crippen LogP contribution in [0, 0.1) is 0 Å². The molecule has 0 saturated heterocycles. The second kappa shape index (κ2) is 13.5. The van der Waals surface area contributed by atoms with Crippen LogP contribution in [0.3, 0.4) is 0 Å². The monoisotopic (exact) mass is 544 g/mol. The summed E-state index contributed by atoms with van der Waals surface area (Å²) in [4.78, 5) is 14.5. The fourth-order valence-corrected chi connectivity index (χ4v) is 5.14. The highest BCUT2D eigenvalue weighted by molar-refractivity contribution is 6.12. The van der Waals surface area contributed by atoms with Crippen molar-refractivity contribution in [1.29, 1.82) is 0 Å². The summed E-state index contributed by atoms with van der Waals surface area (Å²) >= 11 is 0. The fourth-order valence-electron chi connectivity index (χ4n) is 5.14. The summed E-state index contributed by atoms with van der Waals surface area (Å²) in [5, 5.41) is 13.4. The quantitative estimate of drug-likeness (QED) is 0.131. The summed E-state index contributed by atoms with van der Waals surface area (Å²) in [5.74, 6) is 0.453. The van der Waals surface area contributed by atoms with Gasteiger partial charge < -0.3 is 24.3 Å². The minimum atomic E-state index is -0.604. The molecule has 3 aromatic carbocycles. The van der Waals surface area contributed by atoms with E-state index in [9.17, 15) is 10.0 Å². The number of nitrogens with zero attached hydrogens (tertiary/aromatic N) is 2. The molecular formula is C33H40N2O5. The number of oxime groups is 1. The Balaban J connectivity index is 1.40. The van der Waals surface area contributed by atoms with Crippen LogP contribution in [0.5, 0.6) is 5.75 Å². The predicted molar refractivity (Wildman–Crippen MR) is 158 cm³/mol. The van der Waals surface area contributed by atoms with Crippen molar-refractivity contribution in [3.63, 3.8) is 0 Å². The molecule has 0 saturated carbocycles. The third kappa shape index (κ3) is 7.02. The molecule has 0 amide bonds. The summed E-state index contributed by atoms with van der Waals surface area (Å²) in [7, 11) is 0. The molecule has 40 heavy (non-hydrogen) atoms. The van der Waals surface area contributed by atoms with Crippen LogP contribution in [-0.4, -0.2) is 55.9 Å². The Morgan fingerprint density at radius 1 is 1.00 bits per heavy atom. The molecule has 7 nitrogen and oxygen atoms in total. The first kappa shape index (κ1) is 29.2. The highest BCUT2D eigenvalue weighted by Crippen LogP contribution is 2.40. The van der Waals surface area contributed by atoms with E-state index in [2.05, 4.69) is 36.0 Å². The van der Waals surface area contributed by atoms with Crippen LogP contribution in [0.4, 0.5) is 5.69 Å². The highest BCUT2D eigenvalue weighted by atomic mass is 16.6. The fraction of sp³-hybridized carbons (Fsp3) is 0.394. The van der Waals surface area contributed by atoms with Gasteiger partial charge in [-0.15, -0.1) is 0 Å². The minimum absolute atomic E-state index is 0.00130. The van der Waals surface area contributed by atoms with Gasteiger partial charge >= 0.3 is 5.97 Å². The van der Waals surface area contributed by atoms with Gasteiger partial charge in [0.2, 0.25) is 0 Å². The highest BCUT2D eigenvalue weighted by Gasteiger charge is 2.32. The zero-order chi connectivity index (χ0) is 28.5. The number of carbonyl (C=O) groups excluding carboxylic acids is 1. The molecular weight excluding hydrogens is 504 g/mol. The molecule has 1 heterocycles. The maximum Gasteiger partial charge on any atom is 0.335 e. The van der Waals surface area contributed by atoms with Crippen LogP contribution in [0.1, 0.15) is 56.4 Å². The van der Waals surface area contributed by atoms with Crippen molar-refractivity contribution >= 4 is 17.4 Å². The average Bonchev–Trinajstić information content (AvgIpc) is 2.96. The third-order valence-electron chi connectivity index (χ3n) is 7.39. The zero-order valence-corrected chi connectivity index (χ0v) is 23.9. The van der Waals surface area contributed by atoms with Crippen molar-refractivity contribution in [3.8, 4) is 5.75 Å². The molecule has 1 unspecified atom stereocenters. The number of hydrogen-bond acceptors (Lipinski definition) is 7. The minimum Gasteiger partial charge on any atom is -0.492 e. The molecule has 0 bridgehead atoms. The van der Waals surface area contributed by atoms with E-state index in [-0.39, 0.29) is 11.4 Å². The molecule has 1 aliphatic heterocycles. The average molecular weight is 545 g/mol. The number of anilines is 1. The zero-order valence-electron chi connectivity index (χ0n) is 23.9. The maximum atomic E-state index is 12.2. The van der Waals surface area contributed by atoms with Crippen LogP contribution in [-0.2, 0) is 26.1 Å². The smallest absolute Gasteiger partial charge is 0.335 e. The molecule has 212 valence electrons. The molecule has 1 N–H and O–H groups in total. The van der Waals surface area contributed by atoms with Crippen molar-refractivity contribution in [2.24, 2.45) is 5.16 Å². The number of carbonyl (C=O) groups is 1. The lowest BCUT2D eigenvalue weighted by molar-refractivity contribution is -0.156. The Labute approximate surface area is 237 Å². The summed E-state index contributed by atoms with van der Waals surface area (Å²) in [6.45, 7) is 11.2. The van der Waals surface area contributed by atoms with Crippen molar-refractivity contribution in [3.05, 3.63) is 95.1 Å². The molecule has 0 aromatic heterocycles. The Morgan fingerprint density at radius 3 is 2.42 bits per heavy atom. The second-order valence-corrected chi connectivity index (χ2v) is 10.6. The van der Waals surface area contributed by atoms with Crippen molar-refractivity contribution < 1.29 is 24.2 Å². The van der Waals surface area contributed by atoms with Gasteiger partial charge in [0, 0.05) is 36.4 Å². The summed E-state index contributed by atoms with van der Waals surface area (Å²) in [6, 6.07) is 23.9. The van der Waals surface area contributed by atoms with Gasteiger partial charge in [-0.1, -0.05) is 67.5 Å². The number of ether oxygens (including phenoxy) is 3. The Bertz CT molecular complexity index is 1290. The first-order valence-corrected chi connectivity index (χ1v) is 14.0. The lowest BCUT2D eigenvalue weighted by Gasteiger charge is -2.40. The number of esters is 1. The van der Waals surface area contributed by atoms with Crippen LogP contribution < -0.4 is 9.64 Å². The van der Waals surface area contributed by atoms with E-state index in [1.807, 2.05) is 67.6 Å². The number of benzene rings is 3. The summed E-state index contributed by atoms with van der Waals surface area (Å²) < 4.78 is 16.8. The third-order valence-corrected chi connectivity index (χ3v) is 7.39. The number of rotatable bonds is 12. The summed E-state index contributed by atoms with van der Waals surface area (Å²) in [5.41, 5.74) is 5.76. The second-order valence-electron chi connectivity index (χ2n) is 10.6. The van der Waals surface area contributed by atoms with E-state index in [1.165, 1.54) is 11.3 Å². The normalized spacial score (nSPS) is 15.3. The van der Waals surface area contributed by atoms with E-state index >= 15 is 0 Å². The summed E-state index contributed by atoms with van der Waals surface area (Å²) in [6.07, 6.45) is 0.867. The standard InChI is InChI=1S/C33H40N2O5/c1-5-38-30(32(36)39-6-2)22-24-12-15-27(16-13-24)40-21-20-35-19-18-33(3,4)28-23-26(14-17-29(28)35)31(34-37)25-10-8-7-9-11-25/h7-17,23,30,37H,5-6,18-22H2,1-4H3. The topological polar surface area (TPSA) is 80.6 Å². The van der Waals surface area contributed by atoms with Crippen molar-refractivity contribution in [2.45, 2.75) is 52.1 Å². The van der Waals surface area contributed by atoms with Gasteiger partial charge in [-0.05, 0) is 61.1 Å². The lowest BCUT2D eigenvalue weighted by Crippen LogP contribution is -2.39. The van der Waals surface area contributed by atoms with Gasteiger partial charge in [-0.25, -0.2) is 4.79 Å². The molecule has 3 aromatic rings. The van der Waals surface area contributed by atoms with Gasteiger partial charge in [0.05, 0.1) is 13.2 Å². The van der Waals surface area contributed by atoms with E-state index in [0.29, 0.717) is 32.0 Å². The molecule has 0 fully saturated rings. The lowest BCUT2D eigenvalue weighted by atomic mass is 9.76. The van der Waals surface area contributed by atoms with E-state index in [0.717, 1.165) is 42.0 Å². The van der Waals surface area contributed by atoms with Gasteiger partial charge in [0.25, 0.3) is 0 Å². The Morgan fingerprint density at radius 2 is 1.75 bits per heavy atom. The van der Waals surface area contributed by atoms with Crippen LogP contribution in [0.15, 0.2) is 78.0 Å². The molecule has 0 aliphatic carbocycles. The predicted octanol–water partition coefficient (Wildman–Crippen LogP) is 5.99. The maximum absolute atomic E-state index is 12.2. The Kier molecular flexibility index (Phi) is 9.83. The number of hydrogen-bond donors (Lipinski definition) is 1. The molecule has 0 spiro atoms. The largest absolute Gasteiger partial charge is 0.492 e. The molecule has 4 rings (SSSR count). The first-order valence-electron chi connectivity index (χ1n) is 14.0. The van der Waals surface area contributed by atoms with Crippen LogP contribution in [0.25, 0.3) is 0 Å². The Hall–Kier alpha value is -3.84. The van der Waals surface area contributed by atoms with Crippen molar-refractivity contribution in [1.82, 2.24) is 0 Å². The van der Waals surface area contributed by atoms with Crippen LogP contribution in [0.2, 0.25) is 0 Å². The first-order chi connectivity index (χ1) is 19.4. The SMILES string of the molecule is CCOC(=O)C(Cc1ccc(OCCN2CCC(C)(C)c3cc(C(=NO)c4ccccc4)ccc32)cc1)OCC. The van der Waals surface area contributed by atoms with Gasteiger partial charge in [0.15, 0.2) is 6.10 Å². The molecule has 7 heteroatoms.